The van der Waals surface area contributed by atoms with Crippen LogP contribution in [-0.2, 0) is 9.53 Å². The maximum Gasteiger partial charge on any atom is 0.348 e. The molecule has 0 saturated heterocycles. The zero-order valence-corrected chi connectivity index (χ0v) is 17.1. The van der Waals surface area contributed by atoms with Crippen molar-refractivity contribution in [3.63, 3.8) is 0 Å². The first-order valence-corrected chi connectivity index (χ1v) is 10.1. The van der Waals surface area contributed by atoms with Crippen molar-refractivity contribution < 1.29 is 23.9 Å². The first-order valence-electron chi connectivity index (χ1n) is 8.50. The molecule has 148 valence electrons. The van der Waals surface area contributed by atoms with Crippen LogP contribution in [0.5, 0.6) is 0 Å². The molecule has 2 heterocycles. The molecule has 1 aliphatic rings. The number of fused-ring (bicyclic) bond motifs is 1. The number of benzene rings is 1. The van der Waals surface area contributed by atoms with E-state index in [1.807, 2.05) is 5.40 Å². The van der Waals surface area contributed by atoms with E-state index in [1.165, 1.54) is 12.1 Å². The number of imide groups is 1. The Morgan fingerprint density at radius 1 is 1.24 bits per heavy atom. The molecule has 8 nitrogen and oxygen atoms in total. The zero-order valence-electron chi connectivity index (χ0n) is 15.5. The summed E-state index contributed by atoms with van der Waals surface area (Å²) in [5.41, 5.74) is 1.03. The number of ether oxygens (including phenoxy) is 1. The number of nitrogens with zero attached hydrogens (tertiary/aromatic N) is 2. The molecule has 29 heavy (non-hydrogen) atoms. The predicted molar refractivity (Wildman–Crippen MR) is 107 cm³/mol. The van der Waals surface area contributed by atoms with Gasteiger partial charge in [-0.2, -0.15) is 5.26 Å². The SMILES string of the molecule is CCOC(=O)c1sc(NC(=O)CN2C(=O)c3ccccc3C2=O)c(SC#N)c1C. The maximum atomic E-state index is 12.5. The van der Waals surface area contributed by atoms with E-state index in [0.717, 1.165) is 28.0 Å². The van der Waals surface area contributed by atoms with Gasteiger partial charge in [-0.1, -0.05) is 12.1 Å². The van der Waals surface area contributed by atoms with E-state index in [4.69, 9.17) is 10.00 Å². The van der Waals surface area contributed by atoms with Gasteiger partial charge >= 0.3 is 5.97 Å². The number of esters is 1. The fraction of sp³-hybridized carbons (Fsp3) is 0.211. The molecule has 0 bridgehead atoms. The van der Waals surface area contributed by atoms with Crippen LogP contribution in [-0.4, -0.2) is 41.7 Å². The summed E-state index contributed by atoms with van der Waals surface area (Å²) in [6.07, 6.45) is 0. The van der Waals surface area contributed by atoms with Crippen LogP contribution in [0, 0.1) is 17.6 Å². The van der Waals surface area contributed by atoms with Gasteiger partial charge in [0.05, 0.1) is 22.6 Å². The van der Waals surface area contributed by atoms with Crippen molar-refractivity contribution in [1.82, 2.24) is 4.90 Å². The molecule has 0 aliphatic carbocycles. The second-order valence-electron chi connectivity index (χ2n) is 5.92. The Morgan fingerprint density at radius 3 is 2.41 bits per heavy atom. The number of thioether (sulfide) groups is 1. The first-order chi connectivity index (χ1) is 13.9. The Labute approximate surface area is 174 Å². The monoisotopic (exact) mass is 429 g/mol. The smallest absolute Gasteiger partial charge is 0.348 e. The van der Waals surface area contributed by atoms with Crippen molar-refractivity contribution in [1.29, 1.82) is 5.26 Å². The number of thiophene rings is 1. The highest BCUT2D eigenvalue weighted by Crippen LogP contribution is 2.40. The van der Waals surface area contributed by atoms with Gasteiger partial charge in [0.2, 0.25) is 5.91 Å². The van der Waals surface area contributed by atoms with Gasteiger partial charge in [-0.25, -0.2) is 4.79 Å². The molecule has 1 aliphatic heterocycles. The third-order valence-corrected chi connectivity index (χ3v) is 6.26. The van der Waals surface area contributed by atoms with E-state index in [1.54, 1.807) is 26.0 Å². The minimum absolute atomic E-state index is 0.193. The highest BCUT2D eigenvalue weighted by Gasteiger charge is 2.36. The number of hydrogen-bond donors (Lipinski definition) is 1. The number of amides is 3. The molecular formula is C19H15N3O5S2. The summed E-state index contributed by atoms with van der Waals surface area (Å²) < 4.78 is 5.00. The lowest BCUT2D eigenvalue weighted by Gasteiger charge is -2.13. The van der Waals surface area contributed by atoms with Gasteiger partial charge in [0.15, 0.2) is 0 Å². The molecule has 3 amide bonds. The molecule has 0 spiro atoms. The third-order valence-electron chi connectivity index (χ3n) is 4.13. The van der Waals surface area contributed by atoms with Crippen molar-refractivity contribution in [2.45, 2.75) is 18.7 Å². The van der Waals surface area contributed by atoms with E-state index in [2.05, 4.69) is 5.32 Å². The average molecular weight is 429 g/mol. The zero-order chi connectivity index (χ0) is 21.1. The molecule has 0 atom stereocenters. The average Bonchev–Trinajstić information content (AvgIpc) is 3.13. The van der Waals surface area contributed by atoms with Crippen LogP contribution in [0.25, 0.3) is 0 Å². The van der Waals surface area contributed by atoms with Crippen LogP contribution in [0.2, 0.25) is 0 Å². The van der Waals surface area contributed by atoms with Gasteiger partial charge in [-0.3, -0.25) is 19.3 Å². The van der Waals surface area contributed by atoms with Gasteiger partial charge in [0.1, 0.15) is 21.8 Å². The number of rotatable bonds is 6. The summed E-state index contributed by atoms with van der Waals surface area (Å²) in [7, 11) is 0. The lowest BCUT2D eigenvalue weighted by Crippen LogP contribution is -2.37. The number of thiocyanates is 1. The first kappa shape index (κ1) is 20.6. The standard InChI is InChI=1S/C19H15N3O5S2/c1-3-27-19(26)15-10(2)14(28-9-20)16(29-15)21-13(23)8-22-17(24)11-6-4-5-7-12(11)18(22)25/h4-7H,3,8H2,1-2H3,(H,21,23). The van der Waals surface area contributed by atoms with Gasteiger partial charge in [-0.05, 0) is 43.3 Å². The normalized spacial score (nSPS) is 12.5. The molecule has 1 N–H and O–H groups in total. The number of carbonyl (C=O) groups is 4. The number of anilines is 1. The predicted octanol–water partition coefficient (Wildman–Crippen LogP) is 3.04. The number of nitrogens with one attached hydrogen (secondary N) is 1. The Balaban J connectivity index is 1.80. The van der Waals surface area contributed by atoms with Crippen LogP contribution in [0.4, 0.5) is 5.00 Å². The molecule has 1 aromatic heterocycles. The van der Waals surface area contributed by atoms with Crippen LogP contribution >= 0.6 is 23.1 Å². The lowest BCUT2D eigenvalue weighted by atomic mass is 10.1. The van der Waals surface area contributed by atoms with Gasteiger partial charge in [0.25, 0.3) is 11.8 Å². The maximum absolute atomic E-state index is 12.5. The Bertz CT molecular complexity index is 1040. The molecule has 2 aromatic rings. The fourth-order valence-electron chi connectivity index (χ4n) is 2.83. The van der Waals surface area contributed by atoms with Gasteiger partial charge in [0, 0.05) is 0 Å². The third kappa shape index (κ3) is 3.87. The van der Waals surface area contributed by atoms with E-state index in [9.17, 15) is 19.2 Å². The number of nitriles is 1. The summed E-state index contributed by atoms with van der Waals surface area (Å²) in [4.78, 5) is 51.0. The Kier molecular flexibility index (Phi) is 6.00. The molecule has 3 rings (SSSR count). The minimum Gasteiger partial charge on any atom is -0.462 e. The van der Waals surface area contributed by atoms with Crippen LogP contribution in [0.3, 0.4) is 0 Å². The highest BCUT2D eigenvalue weighted by atomic mass is 32.2. The van der Waals surface area contributed by atoms with Crippen LogP contribution < -0.4 is 5.32 Å². The molecule has 0 saturated carbocycles. The van der Waals surface area contributed by atoms with Crippen molar-refractivity contribution in [2.75, 3.05) is 18.5 Å². The summed E-state index contributed by atoms with van der Waals surface area (Å²) in [5.74, 6) is -2.24. The second-order valence-corrected chi connectivity index (χ2v) is 7.73. The number of carbonyl (C=O) groups excluding carboxylic acids is 4. The topological polar surface area (TPSA) is 117 Å². The van der Waals surface area contributed by atoms with Crippen molar-refractivity contribution in [2.24, 2.45) is 0 Å². The minimum atomic E-state index is -0.615. The van der Waals surface area contributed by atoms with Crippen molar-refractivity contribution in [3.8, 4) is 5.40 Å². The van der Waals surface area contributed by atoms with Crippen molar-refractivity contribution in [3.05, 3.63) is 45.8 Å². The van der Waals surface area contributed by atoms with E-state index < -0.39 is 30.2 Å². The number of hydrogen-bond acceptors (Lipinski definition) is 8. The molecule has 10 heteroatoms. The summed E-state index contributed by atoms with van der Waals surface area (Å²) >= 11 is 1.79. The second kappa shape index (κ2) is 8.46. The molecule has 0 unspecified atom stereocenters. The Hall–Kier alpha value is -3.16. The van der Waals surface area contributed by atoms with Gasteiger partial charge in [-0.15, -0.1) is 11.3 Å². The Morgan fingerprint density at radius 2 is 1.86 bits per heavy atom. The summed E-state index contributed by atoms with van der Waals surface area (Å²) in [5, 5.41) is 13.9. The fourth-order valence-corrected chi connectivity index (χ4v) is 4.65. The molecule has 0 fully saturated rings. The van der Waals surface area contributed by atoms with Crippen LogP contribution in [0.1, 0.15) is 42.9 Å². The quantitative estimate of drug-likeness (QED) is 0.325. The lowest BCUT2D eigenvalue weighted by molar-refractivity contribution is -0.116. The molecular weight excluding hydrogens is 414 g/mol. The largest absolute Gasteiger partial charge is 0.462 e. The van der Waals surface area contributed by atoms with E-state index >= 15 is 0 Å². The summed E-state index contributed by atoms with van der Waals surface area (Å²) in [6, 6.07) is 6.35. The molecule has 0 radical (unpaired) electrons. The van der Waals surface area contributed by atoms with Gasteiger partial charge < -0.3 is 10.1 Å². The highest BCUT2D eigenvalue weighted by molar-refractivity contribution is 8.04. The van der Waals surface area contributed by atoms with Crippen molar-refractivity contribution >= 4 is 51.8 Å². The van der Waals surface area contributed by atoms with E-state index in [-0.39, 0.29) is 22.6 Å². The molecule has 1 aromatic carbocycles. The summed E-state index contributed by atoms with van der Waals surface area (Å²) in [6.45, 7) is 3.05. The van der Waals surface area contributed by atoms with E-state index in [0.29, 0.717) is 15.5 Å². The van der Waals surface area contributed by atoms with Crippen LogP contribution in [0.15, 0.2) is 29.2 Å².